The zero-order valence-corrected chi connectivity index (χ0v) is 15.7. The van der Waals surface area contributed by atoms with E-state index in [-0.39, 0.29) is 0 Å². The molecule has 2 heterocycles. The highest BCUT2D eigenvalue weighted by atomic mass is 32.1. The van der Waals surface area contributed by atoms with E-state index in [0.717, 1.165) is 10.4 Å². The summed E-state index contributed by atoms with van der Waals surface area (Å²) in [5, 5.41) is 3.13. The number of amides is 3. The number of para-hydroxylation sites is 1. The second kappa shape index (κ2) is 7.67. The summed E-state index contributed by atoms with van der Waals surface area (Å²) in [6.45, 7) is 0.716. The first-order valence-corrected chi connectivity index (χ1v) is 8.99. The van der Waals surface area contributed by atoms with Gasteiger partial charge in [-0.3, -0.25) is 9.59 Å². The van der Waals surface area contributed by atoms with Crippen LogP contribution in [-0.4, -0.2) is 43.6 Å². The lowest BCUT2D eigenvalue weighted by molar-refractivity contribution is 0.0999. The number of nitrogens with zero attached hydrogens (tertiary/aromatic N) is 1. The Labute approximate surface area is 159 Å². The van der Waals surface area contributed by atoms with Gasteiger partial charge in [-0.2, -0.15) is 0 Å². The number of thiophene rings is 1. The van der Waals surface area contributed by atoms with Crippen LogP contribution in [0, 0.1) is 0 Å². The molecule has 3 rings (SSSR count). The molecule has 1 aliphatic rings. The number of hydrogen-bond acceptors (Lipinski definition) is 6. The summed E-state index contributed by atoms with van der Waals surface area (Å²) in [5.74, 6) is -0.596. The molecule has 3 amide bonds. The molecule has 0 aliphatic carbocycles. The van der Waals surface area contributed by atoms with Gasteiger partial charge in [-0.05, 0) is 24.1 Å². The van der Waals surface area contributed by atoms with E-state index in [1.807, 2.05) is 0 Å². The van der Waals surface area contributed by atoms with Crippen LogP contribution < -0.4 is 15.8 Å². The monoisotopic (exact) mass is 389 g/mol. The third-order valence-electron chi connectivity index (χ3n) is 4.31. The minimum atomic E-state index is -0.616. The lowest BCUT2D eigenvalue weighted by Crippen LogP contribution is -2.35. The van der Waals surface area contributed by atoms with Crippen molar-refractivity contribution in [3.05, 3.63) is 45.8 Å². The number of fused-ring (bicyclic) bond motifs is 1. The van der Waals surface area contributed by atoms with Crippen LogP contribution in [0.15, 0.2) is 24.3 Å². The Bertz CT molecular complexity index is 908. The molecule has 8 nitrogen and oxygen atoms in total. The minimum absolute atomic E-state index is 0.294. The second-order valence-corrected chi connectivity index (χ2v) is 6.97. The van der Waals surface area contributed by atoms with E-state index in [0.29, 0.717) is 41.4 Å². The molecule has 3 N–H and O–H groups in total. The molecule has 1 aliphatic heterocycles. The van der Waals surface area contributed by atoms with Gasteiger partial charge in [0.2, 0.25) is 0 Å². The molecule has 0 saturated carbocycles. The molecule has 0 unspecified atom stereocenters. The number of anilines is 1. The summed E-state index contributed by atoms with van der Waals surface area (Å²) in [6, 6.07) is 6.79. The van der Waals surface area contributed by atoms with Gasteiger partial charge in [-0.1, -0.05) is 12.1 Å². The fourth-order valence-electron chi connectivity index (χ4n) is 3.04. The maximum absolute atomic E-state index is 12.7. The Balaban J connectivity index is 1.92. The van der Waals surface area contributed by atoms with Crippen LogP contribution >= 0.6 is 11.3 Å². The van der Waals surface area contributed by atoms with E-state index < -0.39 is 17.9 Å². The third-order valence-corrected chi connectivity index (χ3v) is 5.45. The van der Waals surface area contributed by atoms with Crippen LogP contribution in [0.1, 0.15) is 31.2 Å². The van der Waals surface area contributed by atoms with Gasteiger partial charge >= 0.3 is 6.09 Å². The lowest BCUT2D eigenvalue weighted by Gasteiger charge is -2.25. The van der Waals surface area contributed by atoms with E-state index in [1.165, 1.54) is 30.5 Å². The van der Waals surface area contributed by atoms with Crippen molar-refractivity contribution in [3.63, 3.8) is 0 Å². The maximum atomic E-state index is 12.7. The molecular formula is C18H19N3O5S. The lowest BCUT2D eigenvalue weighted by atomic mass is 10.0. The van der Waals surface area contributed by atoms with Crippen molar-refractivity contribution in [1.29, 1.82) is 0 Å². The Morgan fingerprint density at radius 1 is 1.22 bits per heavy atom. The van der Waals surface area contributed by atoms with Crippen molar-refractivity contribution in [1.82, 2.24) is 4.90 Å². The molecule has 27 heavy (non-hydrogen) atoms. The fraction of sp³-hybridized carbons (Fsp3) is 0.278. The van der Waals surface area contributed by atoms with E-state index in [9.17, 15) is 14.4 Å². The van der Waals surface area contributed by atoms with Crippen molar-refractivity contribution < 1.29 is 23.9 Å². The molecule has 0 spiro atoms. The first-order valence-electron chi connectivity index (χ1n) is 8.17. The highest BCUT2D eigenvalue weighted by molar-refractivity contribution is 7.17. The Morgan fingerprint density at radius 2 is 1.96 bits per heavy atom. The zero-order chi connectivity index (χ0) is 19.6. The molecule has 0 saturated heterocycles. The highest BCUT2D eigenvalue weighted by Crippen LogP contribution is 2.37. The zero-order valence-electron chi connectivity index (χ0n) is 14.9. The molecule has 142 valence electrons. The van der Waals surface area contributed by atoms with Crippen LogP contribution in [0.4, 0.5) is 9.80 Å². The smallest absolute Gasteiger partial charge is 0.409 e. The van der Waals surface area contributed by atoms with Crippen molar-refractivity contribution in [2.24, 2.45) is 5.73 Å². The van der Waals surface area contributed by atoms with Gasteiger partial charge < -0.3 is 25.4 Å². The first-order chi connectivity index (χ1) is 13.0. The van der Waals surface area contributed by atoms with E-state index >= 15 is 0 Å². The molecular weight excluding hydrogens is 370 g/mol. The number of methoxy groups -OCH3 is 2. The van der Waals surface area contributed by atoms with Crippen molar-refractivity contribution in [2.75, 3.05) is 26.1 Å². The summed E-state index contributed by atoms with van der Waals surface area (Å²) in [7, 11) is 2.80. The number of carbonyl (C=O) groups excluding carboxylic acids is 3. The van der Waals surface area contributed by atoms with Gasteiger partial charge in [0.15, 0.2) is 0 Å². The van der Waals surface area contributed by atoms with Crippen molar-refractivity contribution in [3.8, 4) is 5.75 Å². The molecule has 0 fully saturated rings. The van der Waals surface area contributed by atoms with Gasteiger partial charge in [0, 0.05) is 11.4 Å². The van der Waals surface area contributed by atoms with Gasteiger partial charge in [-0.25, -0.2) is 4.79 Å². The normalized spacial score (nSPS) is 12.9. The predicted molar refractivity (Wildman–Crippen MR) is 100 cm³/mol. The summed E-state index contributed by atoms with van der Waals surface area (Å²) in [5.41, 5.74) is 6.97. The van der Waals surface area contributed by atoms with E-state index in [4.69, 9.17) is 15.2 Å². The molecule has 0 bridgehead atoms. The van der Waals surface area contributed by atoms with Crippen LogP contribution in [0.25, 0.3) is 0 Å². The number of benzene rings is 1. The number of carbonyl (C=O) groups is 3. The van der Waals surface area contributed by atoms with Gasteiger partial charge in [-0.15, -0.1) is 11.3 Å². The van der Waals surface area contributed by atoms with Crippen LogP contribution in [-0.2, 0) is 17.7 Å². The van der Waals surface area contributed by atoms with Crippen molar-refractivity contribution >= 4 is 34.2 Å². The standard InChI is InChI=1S/C18H19N3O5S/c1-25-12-6-4-3-5-10(12)16(23)20-17-14(15(19)22)11-7-8-21(18(24)26-2)9-13(11)27-17/h3-6H,7-9H2,1-2H3,(H2,19,22)(H,20,23). The summed E-state index contributed by atoms with van der Waals surface area (Å²) in [6.07, 6.45) is 0.0262. The predicted octanol–water partition coefficient (Wildman–Crippen LogP) is 2.23. The number of ether oxygens (including phenoxy) is 2. The average molecular weight is 389 g/mol. The molecule has 0 radical (unpaired) electrons. The molecule has 1 aromatic heterocycles. The van der Waals surface area contributed by atoms with Gasteiger partial charge in [0.25, 0.3) is 11.8 Å². The molecule has 2 aromatic rings. The van der Waals surface area contributed by atoms with Gasteiger partial charge in [0.1, 0.15) is 10.8 Å². The average Bonchev–Trinajstić information content (AvgIpc) is 3.04. The Morgan fingerprint density at radius 3 is 2.63 bits per heavy atom. The summed E-state index contributed by atoms with van der Waals surface area (Å²) in [4.78, 5) is 38.8. The molecule has 9 heteroatoms. The summed E-state index contributed by atoms with van der Waals surface area (Å²) < 4.78 is 9.96. The minimum Gasteiger partial charge on any atom is -0.496 e. The SMILES string of the molecule is COC(=O)N1CCc2c(sc(NC(=O)c3ccccc3OC)c2C(N)=O)C1. The second-order valence-electron chi connectivity index (χ2n) is 5.87. The first kappa shape index (κ1) is 18.7. The van der Waals surface area contributed by atoms with E-state index in [1.54, 1.807) is 24.3 Å². The number of nitrogens with two attached hydrogens (primary N) is 1. The largest absolute Gasteiger partial charge is 0.496 e. The van der Waals surface area contributed by atoms with Crippen molar-refractivity contribution in [2.45, 2.75) is 13.0 Å². The summed E-state index contributed by atoms with van der Waals surface area (Å²) >= 11 is 1.24. The van der Waals surface area contributed by atoms with Crippen LogP contribution in [0.2, 0.25) is 0 Å². The number of rotatable bonds is 4. The maximum Gasteiger partial charge on any atom is 0.409 e. The topological polar surface area (TPSA) is 111 Å². The molecule has 1 aromatic carbocycles. The number of nitrogens with one attached hydrogen (secondary N) is 1. The fourth-order valence-corrected chi connectivity index (χ4v) is 4.30. The van der Waals surface area contributed by atoms with Crippen LogP contribution in [0.3, 0.4) is 0 Å². The highest BCUT2D eigenvalue weighted by Gasteiger charge is 2.30. The Kier molecular flexibility index (Phi) is 5.31. The third kappa shape index (κ3) is 3.59. The number of primary amides is 1. The van der Waals surface area contributed by atoms with E-state index in [2.05, 4.69) is 5.32 Å². The molecule has 0 atom stereocenters. The van der Waals surface area contributed by atoms with Crippen LogP contribution in [0.5, 0.6) is 5.75 Å². The quantitative estimate of drug-likeness (QED) is 0.833. The number of hydrogen-bond donors (Lipinski definition) is 2. The van der Waals surface area contributed by atoms with Gasteiger partial charge in [0.05, 0.1) is 31.9 Å². The Hall–Kier alpha value is -3.07.